The molecule has 3 rings (SSSR count). The zero-order valence-corrected chi connectivity index (χ0v) is 13.4. The van der Waals surface area contributed by atoms with Crippen molar-refractivity contribution in [2.45, 2.75) is 26.3 Å². The molecule has 0 radical (unpaired) electrons. The summed E-state index contributed by atoms with van der Waals surface area (Å²) in [7, 11) is 0. The van der Waals surface area contributed by atoms with Crippen LogP contribution in [0.2, 0.25) is 0 Å². The first-order valence-electron chi connectivity index (χ1n) is 7.83. The molecule has 1 N–H and O–H groups in total. The normalized spacial score (nSPS) is 14.3. The number of rotatable bonds is 3. The van der Waals surface area contributed by atoms with Gasteiger partial charge < -0.3 is 10.2 Å². The Balaban J connectivity index is 1.69. The van der Waals surface area contributed by atoms with E-state index in [1.807, 2.05) is 43.3 Å². The zero-order valence-electron chi connectivity index (χ0n) is 13.4. The first kappa shape index (κ1) is 15.3. The SMILES string of the molecule is Cc1ccc(C(=O)NC(C)C(=O)N2CCc3ccccc32)cc1. The van der Waals surface area contributed by atoms with Gasteiger partial charge in [-0.1, -0.05) is 35.9 Å². The van der Waals surface area contributed by atoms with Gasteiger partial charge in [0, 0.05) is 17.8 Å². The van der Waals surface area contributed by atoms with E-state index in [0.29, 0.717) is 12.1 Å². The summed E-state index contributed by atoms with van der Waals surface area (Å²) >= 11 is 0. The van der Waals surface area contributed by atoms with Gasteiger partial charge >= 0.3 is 0 Å². The molecule has 1 unspecified atom stereocenters. The van der Waals surface area contributed by atoms with Gasteiger partial charge in [-0.15, -0.1) is 0 Å². The number of benzene rings is 2. The molecule has 2 aromatic carbocycles. The van der Waals surface area contributed by atoms with Crippen LogP contribution in [0.4, 0.5) is 5.69 Å². The standard InChI is InChI=1S/C19H20N2O2/c1-13-7-9-16(10-8-13)18(22)20-14(2)19(23)21-12-11-15-5-3-4-6-17(15)21/h3-10,14H,11-12H2,1-2H3,(H,20,22). The van der Waals surface area contributed by atoms with Crippen molar-refractivity contribution in [3.8, 4) is 0 Å². The predicted octanol–water partition coefficient (Wildman–Crippen LogP) is 2.70. The van der Waals surface area contributed by atoms with Gasteiger partial charge in [0.25, 0.3) is 5.91 Å². The highest BCUT2D eigenvalue weighted by molar-refractivity contribution is 6.03. The Morgan fingerprint density at radius 3 is 2.52 bits per heavy atom. The van der Waals surface area contributed by atoms with E-state index < -0.39 is 6.04 Å². The smallest absolute Gasteiger partial charge is 0.251 e. The fourth-order valence-electron chi connectivity index (χ4n) is 2.85. The number of nitrogens with one attached hydrogen (secondary N) is 1. The number of para-hydroxylation sites is 1. The Kier molecular flexibility index (Phi) is 4.15. The summed E-state index contributed by atoms with van der Waals surface area (Å²) in [6.07, 6.45) is 0.862. The molecule has 0 saturated carbocycles. The third kappa shape index (κ3) is 3.11. The molecule has 4 heteroatoms. The maximum absolute atomic E-state index is 12.6. The molecule has 0 spiro atoms. The fourth-order valence-corrected chi connectivity index (χ4v) is 2.85. The van der Waals surface area contributed by atoms with Crippen LogP contribution in [0, 0.1) is 6.92 Å². The first-order valence-corrected chi connectivity index (χ1v) is 7.83. The number of nitrogens with zero attached hydrogens (tertiary/aromatic N) is 1. The molecule has 2 aromatic rings. The van der Waals surface area contributed by atoms with Crippen molar-refractivity contribution >= 4 is 17.5 Å². The largest absolute Gasteiger partial charge is 0.341 e. The highest BCUT2D eigenvalue weighted by atomic mass is 16.2. The molecule has 0 aliphatic carbocycles. The summed E-state index contributed by atoms with van der Waals surface area (Å²) in [5.74, 6) is -0.297. The number of amides is 2. The molecule has 4 nitrogen and oxygen atoms in total. The van der Waals surface area contributed by atoms with E-state index in [1.54, 1.807) is 24.0 Å². The van der Waals surface area contributed by atoms with Crippen LogP contribution >= 0.6 is 0 Å². The lowest BCUT2D eigenvalue weighted by molar-refractivity contribution is -0.119. The van der Waals surface area contributed by atoms with Crippen LogP contribution in [0.3, 0.4) is 0 Å². The molecule has 0 aromatic heterocycles. The van der Waals surface area contributed by atoms with E-state index >= 15 is 0 Å². The molecule has 0 saturated heterocycles. The number of anilines is 1. The monoisotopic (exact) mass is 308 g/mol. The molecule has 0 fully saturated rings. The Morgan fingerprint density at radius 2 is 1.78 bits per heavy atom. The fraction of sp³-hybridized carbons (Fsp3) is 0.263. The van der Waals surface area contributed by atoms with Crippen molar-refractivity contribution in [1.82, 2.24) is 5.32 Å². The van der Waals surface area contributed by atoms with E-state index in [4.69, 9.17) is 0 Å². The van der Waals surface area contributed by atoms with Crippen LogP contribution in [-0.2, 0) is 11.2 Å². The molecule has 23 heavy (non-hydrogen) atoms. The van der Waals surface area contributed by atoms with Gasteiger partial charge in [-0.2, -0.15) is 0 Å². The van der Waals surface area contributed by atoms with E-state index in [-0.39, 0.29) is 11.8 Å². The van der Waals surface area contributed by atoms with Gasteiger partial charge in [-0.25, -0.2) is 0 Å². The van der Waals surface area contributed by atoms with Crippen LogP contribution in [0.15, 0.2) is 48.5 Å². The highest BCUT2D eigenvalue weighted by Gasteiger charge is 2.28. The van der Waals surface area contributed by atoms with Crippen molar-refractivity contribution in [2.24, 2.45) is 0 Å². The van der Waals surface area contributed by atoms with Gasteiger partial charge in [0.15, 0.2) is 0 Å². The van der Waals surface area contributed by atoms with Crippen molar-refractivity contribution in [2.75, 3.05) is 11.4 Å². The number of hydrogen-bond donors (Lipinski definition) is 1. The van der Waals surface area contributed by atoms with Crippen molar-refractivity contribution < 1.29 is 9.59 Å². The second-order valence-electron chi connectivity index (χ2n) is 5.93. The average Bonchev–Trinajstić information content (AvgIpc) is 2.98. The molecule has 2 amide bonds. The average molecular weight is 308 g/mol. The number of carbonyl (C=O) groups is 2. The van der Waals surface area contributed by atoms with Crippen LogP contribution in [0.25, 0.3) is 0 Å². The summed E-state index contributed by atoms with van der Waals surface area (Å²) in [4.78, 5) is 26.6. The third-order valence-corrected chi connectivity index (χ3v) is 4.18. The lowest BCUT2D eigenvalue weighted by Gasteiger charge is -2.22. The Labute approximate surface area is 136 Å². The zero-order chi connectivity index (χ0) is 16.4. The lowest BCUT2D eigenvalue weighted by Crippen LogP contribution is -2.46. The van der Waals surface area contributed by atoms with Crippen molar-refractivity contribution in [3.63, 3.8) is 0 Å². The topological polar surface area (TPSA) is 49.4 Å². The maximum Gasteiger partial charge on any atom is 0.251 e. The highest BCUT2D eigenvalue weighted by Crippen LogP contribution is 2.27. The molecule has 1 heterocycles. The van der Waals surface area contributed by atoms with Crippen LogP contribution in [0.1, 0.15) is 28.4 Å². The van der Waals surface area contributed by atoms with Crippen LogP contribution in [-0.4, -0.2) is 24.4 Å². The Bertz CT molecular complexity index is 737. The Hall–Kier alpha value is -2.62. The first-order chi connectivity index (χ1) is 11.1. The summed E-state index contributed by atoms with van der Waals surface area (Å²) in [5.41, 5.74) is 3.79. The number of fused-ring (bicyclic) bond motifs is 1. The second-order valence-corrected chi connectivity index (χ2v) is 5.93. The van der Waals surface area contributed by atoms with Crippen molar-refractivity contribution in [1.29, 1.82) is 0 Å². The molecule has 1 aliphatic heterocycles. The van der Waals surface area contributed by atoms with Gasteiger partial charge in [0.1, 0.15) is 6.04 Å². The minimum Gasteiger partial charge on any atom is -0.341 e. The number of hydrogen-bond acceptors (Lipinski definition) is 2. The molecule has 1 atom stereocenters. The third-order valence-electron chi connectivity index (χ3n) is 4.18. The van der Waals surface area contributed by atoms with Gasteiger partial charge in [-0.3, -0.25) is 9.59 Å². The van der Waals surface area contributed by atoms with Crippen molar-refractivity contribution in [3.05, 3.63) is 65.2 Å². The lowest BCUT2D eigenvalue weighted by atomic mass is 10.1. The summed E-state index contributed by atoms with van der Waals surface area (Å²) < 4.78 is 0. The van der Waals surface area contributed by atoms with E-state index in [0.717, 1.165) is 17.7 Å². The summed E-state index contributed by atoms with van der Waals surface area (Å²) in [6.45, 7) is 4.37. The van der Waals surface area contributed by atoms with E-state index in [2.05, 4.69) is 5.32 Å². The van der Waals surface area contributed by atoms with Crippen LogP contribution < -0.4 is 10.2 Å². The number of aryl methyl sites for hydroxylation is 1. The minimum atomic E-state index is -0.560. The quantitative estimate of drug-likeness (QED) is 0.948. The molecule has 118 valence electrons. The molecular weight excluding hydrogens is 288 g/mol. The van der Waals surface area contributed by atoms with E-state index in [1.165, 1.54) is 5.56 Å². The maximum atomic E-state index is 12.6. The molecule has 0 bridgehead atoms. The molecule has 1 aliphatic rings. The van der Waals surface area contributed by atoms with E-state index in [9.17, 15) is 9.59 Å². The second kappa shape index (κ2) is 6.24. The molecular formula is C19H20N2O2. The summed E-state index contributed by atoms with van der Waals surface area (Å²) in [6, 6.07) is 14.7. The Morgan fingerprint density at radius 1 is 1.09 bits per heavy atom. The minimum absolute atomic E-state index is 0.0737. The predicted molar refractivity (Wildman–Crippen MR) is 90.6 cm³/mol. The van der Waals surface area contributed by atoms with Gasteiger partial charge in [0.05, 0.1) is 0 Å². The number of carbonyl (C=O) groups excluding carboxylic acids is 2. The summed E-state index contributed by atoms with van der Waals surface area (Å²) in [5, 5.41) is 2.79. The van der Waals surface area contributed by atoms with Crippen LogP contribution in [0.5, 0.6) is 0 Å². The van der Waals surface area contributed by atoms with Gasteiger partial charge in [-0.05, 0) is 44.0 Å². The van der Waals surface area contributed by atoms with Gasteiger partial charge in [0.2, 0.25) is 5.91 Å².